The molecule has 0 spiro atoms. The van der Waals surface area contributed by atoms with Crippen molar-refractivity contribution in [2.24, 2.45) is 5.73 Å². The van der Waals surface area contributed by atoms with Gasteiger partial charge in [0.25, 0.3) is 0 Å². The molecule has 0 saturated heterocycles. The molecule has 0 radical (unpaired) electrons. The summed E-state index contributed by atoms with van der Waals surface area (Å²) in [6, 6.07) is 6.67. The van der Waals surface area contributed by atoms with Crippen LogP contribution in [0.2, 0.25) is 0 Å². The molecule has 0 bridgehead atoms. The molecular formula is C13H16FN3S. The van der Waals surface area contributed by atoms with E-state index in [9.17, 15) is 4.39 Å². The van der Waals surface area contributed by atoms with E-state index in [-0.39, 0.29) is 11.9 Å². The van der Waals surface area contributed by atoms with E-state index >= 15 is 0 Å². The standard InChI is InChI=1S/C13H16FN3S/c1-9(15)13-16-10(8-18-13)7-17(2)12-6-4-3-5-11(12)14/h3-6,8-9H,7,15H2,1-2H3. The third kappa shape index (κ3) is 2.86. The van der Waals surface area contributed by atoms with E-state index in [4.69, 9.17) is 5.73 Å². The minimum Gasteiger partial charge on any atom is -0.366 e. The number of nitrogens with zero attached hydrogens (tertiary/aromatic N) is 2. The number of aromatic nitrogens is 1. The smallest absolute Gasteiger partial charge is 0.146 e. The van der Waals surface area contributed by atoms with Crippen LogP contribution in [0.4, 0.5) is 10.1 Å². The molecule has 3 nitrogen and oxygen atoms in total. The van der Waals surface area contributed by atoms with Gasteiger partial charge in [-0.05, 0) is 19.1 Å². The van der Waals surface area contributed by atoms with Crippen LogP contribution in [0, 0.1) is 5.82 Å². The van der Waals surface area contributed by atoms with Crippen molar-refractivity contribution >= 4 is 17.0 Å². The molecule has 0 aliphatic rings. The van der Waals surface area contributed by atoms with Crippen molar-refractivity contribution in [1.29, 1.82) is 0 Å². The number of thiazole rings is 1. The van der Waals surface area contributed by atoms with E-state index in [0.29, 0.717) is 12.2 Å². The number of benzene rings is 1. The lowest BCUT2D eigenvalue weighted by Gasteiger charge is -2.18. The van der Waals surface area contributed by atoms with Crippen molar-refractivity contribution in [1.82, 2.24) is 4.98 Å². The normalized spacial score (nSPS) is 12.4. The molecule has 0 fully saturated rings. The Balaban J connectivity index is 2.11. The largest absolute Gasteiger partial charge is 0.366 e. The van der Waals surface area contributed by atoms with Crippen LogP contribution < -0.4 is 10.6 Å². The Bertz CT molecular complexity index is 524. The highest BCUT2D eigenvalue weighted by Crippen LogP contribution is 2.21. The van der Waals surface area contributed by atoms with Crippen LogP contribution in [0.25, 0.3) is 0 Å². The molecule has 0 aliphatic heterocycles. The van der Waals surface area contributed by atoms with Crippen LogP contribution in [0.5, 0.6) is 0 Å². The summed E-state index contributed by atoms with van der Waals surface area (Å²) in [5.41, 5.74) is 7.26. The predicted octanol–water partition coefficient (Wildman–Crippen LogP) is 2.94. The predicted molar refractivity (Wildman–Crippen MR) is 73.2 cm³/mol. The van der Waals surface area contributed by atoms with Gasteiger partial charge in [0.2, 0.25) is 0 Å². The third-order valence-corrected chi connectivity index (χ3v) is 3.72. The Morgan fingerprint density at radius 3 is 2.78 bits per heavy atom. The molecule has 1 unspecified atom stereocenters. The lowest BCUT2D eigenvalue weighted by atomic mass is 10.2. The number of halogens is 1. The molecule has 2 rings (SSSR count). The first-order chi connectivity index (χ1) is 8.58. The van der Waals surface area contributed by atoms with Crippen LogP contribution in [-0.2, 0) is 6.54 Å². The second-order valence-corrected chi connectivity index (χ2v) is 5.16. The van der Waals surface area contributed by atoms with E-state index in [1.54, 1.807) is 23.5 Å². The Hall–Kier alpha value is -1.46. The van der Waals surface area contributed by atoms with Crippen molar-refractivity contribution in [3.8, 4) is 0 Å². The summed E-state index contributed by atoms with van der Waals surface area (Å²) in [6.45, 7) is 2.48. The van der Waals surface area contributed by atoms with Gasteiger partial charge in [0.15, 0.2) is 0 Å². The fraction of sp³-hybridized carbons (Fsp3) is 0.308. The second kappa shape index (κ2) is 5.46. The minimum absolute atomic E-state index is 0.0532. The van der Waals surface area contributed by atoms with Crippen molar-refractivity contribution < 1.29 is 4.39 Å². The summed E-state index contributed by atoms with van der Waals surface area (Å²) in [5.74, 6) is -0.220. The van der Waals surface area contributed by atoms with Crippen molar-refractivity contribution in [2.45, 2.75) is 19.5 Å². The second-order valence-electron chi connectivity index (χ2n) is 4.27. The van der Waals surface area contributed by atoms with Crippen LogP contribution in [0.3, 0.4) is 0 Å². The monoisotopic (exact) mass is 265 g/mol. The fourth-order valence-electron chi connectivity index (χ4n) is 1.69. The summed E-state index contributed by atoms with van der Waals surface area (Å²) in [5, 5.41) is 2.88. The average molecular weight is 265 g/mol. The number of hydrogen-bond acceptors (Lipinski definition) is 4. The third-order valence-electron chi connectivity index (χ3n) is 2.62. The Labute approximate surface area is 110 Å². The van der Waals surface area contributed by atoms with E-state index in [0.717, 1.165) is 10.7 Å². The molecule has 18 heavy (non-hydrogen) atoms. The maximum Gasteiger partial charge on any atom is 0.146 e. The molecule has 1 heterocycles. The van der Waals surface area contributed by atoms with Gasteiger partial charge in [-0.3, -0.25) is 0 Å². The summed E-state index contributed by atoms with van der Waals surface area (Å²) in [6.07, 6.45) is 0. The van der Waals surface area contributed by atoms with Gasteiger partial charge in [-0.15, -0.1) is 11.3 Å². The molecule has 1 aromatic carbocycles. The lowest BCUT2D eigenvalue weighted by molar-refractivity contribution is 0.621. The molecule has 1 atom stereocenters. The molecule has 0 saturated carbocycles. The minimum atomic E-state index is -0.220. The highest BCUT2D eigenvalue weighted by molar-refractivity contribution is 7.09. The zero-order valence-corrected chi connectivity index (χ0v) is 11.2. The molecular weight excluding hydrogens is 249 g/mol. The number of hydrogen-bond donors (Lipinski definition) is 1. The van der Waals surface area contributed by atoms with Gasteiger partial charge in [0.05, 0.1) is 24.0 Å². The number of anilines is 1. The van der Waals surface area contributed by atoms with E-state index in [1.807, 2.05) is 30.3 Å². The molecule has 96 valence electrons. The van der Waals surface area contributed by atoms with Crippen molar-refractivity contribution in [3.63, 3.8) is 0 Å². The quantitative estimate of drug-likeness (QED) is 0.924. The van der Waals surface area contributed by atoms with Crippen molar-refractivity contribution in [2.75, 3.05) is 11.9 Å². The first-order valence-corrected chi connectivity index (χ1v) is 6.61. The first-order valence-electron chi connectivity index (χ1n) is 5.73. The van der Waals surface area contributed by atoms with E-state index in [1.165, 1.54) is 6.07 Å². The van der Waals surface area contributed by atoms with Gasteiger partial charge < -0.3 is 10.6 Å². The maximum atomic E-state index is 13.6. The van der Waals surface area contributed by atoms with Gasteiger partial charge in [-0.2, -0.15) is 0 Å². The van der Waals surface area contributed by atoms with Crippen LogP contribution in [-0.4, -0.2) is 12.0 Å². The average Bonchev–Trinajstić information content (AvgIpc) is 2.78. The van der Waals surface area contributed by atoms with Gasteiger partial charge in [0.1, 0.15) is 10.8 Å². The molecule has 0 amide bonds. The summed E-state index contributed by atoms with van der Waals surface area (Å²) < 4.78 is 13.6. The van der Waals surface area contributed by atoms with Gasteiger partial charge in [-0.1, -0.05) is 12.1 Å². The topological polar surface area (TPSA) is 42.1 Å². The molecule has 5 heteroatoms. The number of nitrogens with two attached hydrogens (primary N) is 1. The summed E-state index contributed by atoms with van der Waals surface area (Å²) in [4.78, 5) is 6.28. The van der Waals surface area contributed by atoms with E-state index in [2.05, 4.69) is 4.98 Å². The Morgan fingerprint density at radius 1 is 1.44 bits per heavy atom. The SMILES string of the molecule is CC(N)c1nc(CN(C)c2ccccc2F)cs1. The lowest BCUT2D eigenvalue weighted by Crippen LogP contribution is -2.18. The fourth-order valence-corrected chi connectivity index (χ4v) is 2.46. The zero-order chi connectivity index (χ0) is 13.1. The van der Waals surface area contributed by atoms with Gasteiger partial charge in [0, 0.05) is 12.4 Å². The Morgan fingerprint density at radius 2 is 2.17 bits per heavy atom. The molecule has 2 aromatic rings. The summed E-state index contributed by atoms with van der Waals surface area (Å²) in [7, 11) is 1.85. The Kier molecular flexibility index (Phi) is 3.93. The van der Waals surface area contributed by atoms with Gasteiger partial charge >= 0.3 is 0 Å². The van der Waals surface area contributed by atoms with Gasteiger partial charge in [-0.25, -0.2) is 9.37 Å². The van der Waals surface area contributed by atoms with Crippen molar-refractivity contribution in [3.05, 3.63) is 46.2 Å². The zero-order valence-electron chi connectivity index (χ0n) is 10.4. The molecule has 2 N–H and O–H groups in total. The highest BCUT2D eigenvalue weighted by Gasteiger charge is 2.10. The maximum absolute atomic E-state index is 13.6. The van der Waals surface area contributed by atoms with Crippen LogP contribution >= 0.6 is 11.3 Å². The van der Waals surface area contributed by atoms with Crippen LogP contribution in [0.1, 0.15) is 23.7 Å². The molecule has 1 aromatic heterocycles. The first kappa shape index (κ1) is 13.0. The van der Waals surface area contributed by atoms with E-state index < -0.39 is 0 Å². The number of para-hydroxylation sites is 1. The number of rotatable bonds is 4. The highest BCUT2D eigenvalue weighted by atomic mass is 32.1. The molecule has 0 aliphatic carbocycles. The van der Waals surface area contributed by atoms with Crippen LogP contribution in [0.15, 0.2) is 29.6 Å². The summed E-state index contributed by atoms with van der Waals surface area (Å²) >= 11 is 1.54.